The highest BCUT2D eigenvalue weighted by Gasteiger charge is 2.64. The molecule has 31 heavy (non-hydrogen) atoms. The summed E-state index contributed by atoms with van der Waals surface area (Å²) >= 11 is 0. The lowest BCUT2D eigenvalue weighted by Gasteiger charge is -2.33. The first kappa shape index (κ1) is 25.6. The van der Waals surface area contributed by atoms with Gasteiger partial charge < -0.3 is 18.9 Å². The van der Waals surface area contributed by atoms with Gasteiger partial charge in [-0.2, -0.15) is 13.2 Å². The van der Waals surface area contributed by atoms with E-state index in [1.165, 1.54) is 24.3 Å². The Hall–Kier alpha value is -1.64. The lowest BCUT2D eigenvalue weighted by atomic mass is 9.92. The van der Waals surface area contributed by atoms with Crippen molar-refractivity contribution >= 4 is 5.97 Å². The van der Waals surface area contributed by atoms with Crippen molar-refractivity contribution in [1.82, 2.24) is 0 Å². The van der Waals surface area contributed by atoms with Crippen LogP contribution in [0, 0.1) is 0 Å². The molecule has 0 amide bonds. The van der Waals surface area contributed by atoms with Crippen molar-refractivity contribution in [3.05, 3.63) is 35.9 Å². The molecule has 1 heterocycles. The van der Waals surface area contributed by atoms with Gasteiger partial charge in [0.15, 0.2) is 6.29 Å². The maximum atomic E-state index is 13.9. The van der Waals surface area contributed by atoms with Crippen LogP contribution >= 0.6 is 0 Å². The Morgan fingerprint density at radius 2 is 1.61 bits per heavy atom. The molecule has 176 valence electrons. The first-order valence-corrected chi connectivity index (χ1v) is 10.9. The second kappa shape index (κ2) is 12.4. The van der Waals surface area contributed by atoms with E-state index >= 15 is 0 Å². The Kier molecular flexibility index (Phi) is 10.3. The van der Waals surface area contributed by atoms with Gasteiger partial charge in [-0.3, -0.25) is 0 Å². The van der Waals surface area contributed by atoms with E-state index < -0.39 is 23.9 Å². The molecule has 1 aliphatic heterocycles. The number of rotatable bonds is 13. The van der Waals surface area contributed by atoms with Gasteiger partial charge in [0.2, 0.25) is 0 Å². The van der Waals surface area contributed by atoms with Crippen molar-refractivity contribution in [2.45, 2.75) is 82.5 Å². The molecule has 1 aromatic carbocycles. The summed E-state index contributed by atoms with van der Waals surface area (Å²) in [4.78, 5) is 12.6. The number of esters is 1. The Bertz CT molecular complexity index is 646. The zero-order valence-corrected chi connectivity index (χ0v) is 18.3. The largest absolute Gasteiger partial charge is 0.460 e. The van der Waals surface area contributed by atoms with Crippen molar-refractivity contribution in [3.63, 3.8) is 0 Å². The summed E-state index contributed by atoms with van der Waals surface area (Å²) in [6.07, 6.45) is 1.74. The third kappa shape index (κ3) is 7.19. The minimum Gasteiger partial charge on any atom is -0.460 e. The van der Waals surface area contributed by atoms with Gasteiger partial charge in [-0.25, -0.2) is 4.79 Å². The highest BCUT2D eigenvalue weighted by Crippen LogP contribution is 2.43. The van der Waals surface area contributed by atoms with Crippen LogP contribution in [0.25, 0.3) is 0 Å². The molecule has 0 saturated carbocycles. The minimum absolute atomic E-state index is 0.0534. The van der Waals surface area contributed by atoms with Gasteiger partial charge in [-0.15, -0.1) is 0 Å². The van der Waals surface area contributed by atoms with Crippen LogP contribution in [0.3, 0.4) is 0 Å². The molecule has 2 atom stereocenters. The molecular weight excluding hydrogens is 413 g/mol. The molecule has 2 rings (SSSR count). The van der Waals surface area contributed by atoms with Crippen LogP contribution in [0.4, 0.5) is 13.2 Å². The van der Waals surface area contributed by atoms with Gasteiger partial charge in [-0.1, -0.05) is 56.0 Å². The summed E-state index contributed by atoms with van der Waals surface area (Å²) in [5, 5.41) is 0. The molecule has 1 saturated heterocycles. The second-order valence-corrected chi connectivity index (χ2v) is 7.83. The number of benzene rings is 1. The number of ether oxygens (including phenoxy) is 4. The number of halogens is 3. The van der Waals surface area contributed by atoms with Crippen LogP contribution in [0.2, 0.25) is 0 Å². The quantitative estimate of drug-likeness (QED) is 0.295. The number of hydrogen-bond acceptors (Lipinski definition) is 5. The van der Waals surface area contributed by atoms with E-state index in [0.717, 1.165) is 52.1 Å². The Labute approximate surface area is 182 Å². The maximum absolute atomic E-state index is 13.9. The summed E-state index contributed by atoms with van der Waals surface area (Å²) in [6, 6.07) is 6.87. The fourth-order valence-electron chi connectivity index (χ4n) is 3.74. The topological polar surface area (TPSA) is 54.0 Å². The fraction of sp³-hybridized carbons (Fsp3) is 0.696. The molecule has 1 aliphatic rings. The SMILES string of the molecule is COC(C(=O)O[C@@H](C)CCCCCCCCC1OCCO1)(c1ccccc1)C(F)(F)F. The van der Waals surface area contributed by atoms with Crippen LogP contribution in [0.1, 0.15) is 63.9 Å². The molecule has 0 aromatic heterocycles. The van der Waals surface area contributed by atoms with E-state index in [4.69, 9.17) is 18.9 Å². The molecule has 1 aromatic rings. The van der Waals surface area contributed by atoms with Gasteiger partial charge in [0, 0.05) is 12.7 Å². The molecular formula is C23H33F3O5. The monoisotopic (exact) mass is 446 g/mol. The predicted octanol–water partition coefficient (Wildman–Crippen LogP) is 5.52. The normalized spacial score (nSPS) is 18.0. The van der Waals surface area contributed by atoms with Crippen LogP contribution < -0.4 is 0 Å². The minimum atomic E-state index is -4.95. The highest BCUT2D eigenvalue weighted by atomic mass is 19.4. The number of carbonyl (C=O) groups is 1. The third-order valence-electron chi connectivity index (χ3n) is 5.47. The summed E-state index contributed by atoms with van der Waals surface area (Å²) in [5.41, 5.74) is -3.43. The van der Waals surface area contributed by atoms with Crippen molar-refractivity contribution < 1.29 is 36.9 Å². The maximum Gasteiger partial charge on any atom is 0.432 e. The van der Waals surface area contributed by atoms with Crippen molar-refractivity contribution in [1.29, 1.82) is 0 Å². The molecule has 0 radical (unpaired) electrons. The average molecular weight is 447 g/mol. The van der Waals surface area contributed by atoms with Crippen LogP contribution in [-0.2, 0) is 29.3 Å². The van der Waals surface area contributed by atoms with E-state index in [2.05, 4.69) is 0 Å². The van der Waals surface area contributed by atoms with Gasteiger partial charge in [0.25, 0.3) is 5.60 Å². The number of hydrogen-bond donors (Lipinski definition) is 0. The van der Waals surface area contributed by atoms with Gasteiger partial charge in [-0.05, 0) is 32.6 Å². The van der Waals surface area contributed by atoms with Crippen molar-refractivity contribution in [2.24, 2.45) is 0 Å². The molecule has 0 N–H and O–H groups in total. The Morgan fingerprint density at radius 3 is 2.19 bits per heavy atom. The van der Waals surface area contributed by atoms with Gasteiger partial charge >= 0.3 is 12.1 Å². The zero-order chi connectivity index (χ0) is 22.7. The van der Waals surface area contributed by atoms with E-state index in [1.807, 2.05) is 0 Å². The average Bonchev–Trinajstić information content (AvgIpc) is 3.24. The zero-order valence-electron chi connectivity index (χ0n) is 18.3. The third-order valence-corrected chi connectivity index (χ3v) is 5.47. The Balaban J connectivity index is 1.73. The molecule has 8 heteroatoms. The standard InChI is InChI=1S/C23H33F3O5/c1-18(12-8-5-3-4-6-11-15-20-29-16-17-30-20)31-21(27)22(28-2,23(24,25)26)19-13-9-7-10-14-19/h7,9-10,13-14,18,20H,3-6,8,11-12,15-17H2,1-2H3/t18-,22?/m0/s1. The smallest absolute Gasteiger partial charge is 0.432 e. The van der Waals surface area contributed by atoms with Crippen LogP contribution in [0.5, 0.6) is 0 Å². The van der Waals surface area contributed by atoms with E-state index in [0.29, 0.717) is 19.6 Å². The summed E-state index contributed by atoms with van der Waals surface area (Å²) in [5.74, 6) is -1.43. The highest BCUT2D eigenvalue weighted by molar-refractivity contribution is 5.82. The number of unbranched alkanes of at least 4 members (excludes halogenated alkanes) is 5. The molecule has 1 fully saturated rings. The summed E-state index contributed by atoms with van der Waals surface area (Å²) in [6.45, 7) is 2.96. The number of carbonyl (C=O) groups excluding carboxylic acids is 1. The van der Waals surface area contributed by atoms with E-state index in [9.17, 15) is 18.0 Å². The van der Waals surface area contributed by atoms with Gasteiger partial charge in [0.1, 0.15) is 0 Å². The lowest BCUT2D eigenvalue weighted by molar-refractivity contribution is -0.278. The first-order chi connectivity index (χ1) is 14.8. The van der Waals surface area contributed by atoms with E-state index in [-0.39, 0.29) is 11.9 Å². The van der Waals surface area contributed by atoms with Crippen LogP contribution in [0.15, 0.2) is 30.3 Å². The van der Waals surface area contributed by atoms with Crippen molar-refractivity contribution in [3.8, 4) is 0 Å². The summed E-state index contributed by atoms with van der Waals surface area (Å²) in [7, 11) is 0.872. The fourth-order valence-corrected chi connectivity index (χ4v) is 3.74. The van der Waals surface area contributed by atoms with Gasteiger partial charge in [0.05, 0.1) is 19.3 Å². The molecule has 0 aliphatic carbocycles. The number of alkyl halides is 3. The Morgan fingerprint density at radius 1 is 1.03 bits per heavy atom. The van der Waals surface area contributed by atoms with Crippen LogP contribution in [-0.4, -0.2) is 44.9 Å². The molecule has 1 unspecified atom stereocenters. The summed E-state index contributed by atoms with van der Waals surface area (Å²) < 4.78 is 62.3. The molecule has 0 bridgehead atoms. The first-order valence-electron chi connectivity index (χ1n) is 10.9. The van der Waals surface area contributed by atoms with Crippen molar-refractivity contribution in [2.75, 3.05) is 20.3 Å². The number of methoxy groups -OCH3 is 1. The second-order valence-electron chi connectivity index (χ2n) is 7.83. The molecule has 5 nitrogen and oxygen atoms in total. The molecule has 0 spiro atoms. The lowest BCUT2D eigenvalue weighted by Crippen LogP contribution is -2.52. The van der Waals surface area contributed by atoms with E-state index in [1.54, 1.807) is 13.0 Å². The predicted molar refractivity (Wildman–Crippen MR) is 109 cm³/mol.